The van der Waals surface area contributed by atoms with E-state index < -0.39 is 17.7 Å². The summed E-state index contributed by atoms with van der Waals surface area (Å²) in [6.45, 7) is 0.409. The number of ether oxygens (including phenoxy) is 1. The zero-order valence-corrected chi connectivity index (χ0v) is 18.7. The molecule has 1 aliphatic heterocycles. The number of benzene rings is 3. The first kappa shape index (κ1) is 21.7. The van der Waals surface area contributed by atoms with E-state index in [1.165, 1.54) is 6.08 Å². The Morgan fingerprint density at radius 2 is 1.65 bits per heavy atom. The van der Waals surface area contributed by atoms with E-state index in [-0.39, 0.29) is 12.3 Å². The monoisotopic (exact) mass is 470 g/mol. The van der Waals surface area contributed by atoms with Crippen molar-refractivity contribution in [2.45, 2.75) is 6.54 Å². The molecule has 7 heteroatoms. The molecular weight excluding hydrogens is 452 g/mol. The van der Waals surface area contributed by atoms with Crippen molar-refractivity contribution in [3.05, 3.63) is 107 Å². The molecule has 0 radical (unpaired) electrons. The number of hydrogen-bond acceptors (Lipinski definition) is 4. The van der Waals surface area contributed by atoms with Crippen molar-refractivity contribution in [1.29, 1.82) is 0 Å². The largest absolute Gasteiger partial charge is 0.456 e. The van der Waals surface area contributed by atoms with E-state index in [1.807, 2.05) is 83.4 Å². The smallest absolute Gasteiger partial charge is 0.333 e. The summed E-state index contributed by atoms with van der Waals surface area (Å²) >= 11 is 6.07. The molecule has 0 fully saturated rings. The minimum atomic E-state index is -0.823. The number of fused-ring (bicyclic) bond motifs is 1. The van der Waals surface area contributed by atoms with Gasteiger partial charge in [0.1, 0.15) is 6.61 Å². The predicted octanol–water partition coefficient (Wildman–Crippen LogP) is 4.75. The van der Waals surface area contributed by atoms with Crippen molar-refractivity contribution in [1.82, 2.24) is 9.88 Å². The molecule has 0 unspecified atom stereocenters. The number of cyclic esters (lactones) is 1. The molecule has 1 amide bonds. The van der Waals surface area contributed by atoms with Gasteiger partial charge in [-0.05, 0) is 29.3 Å². The minimum Gasteiger partial charge on any atom is -0.456 e. The first-order chi connectivity index (χ1) is 16.5. The SMILES string of the molecule is O=C1C=C(NC(=O)C(=O)c2c(-c3ccccc3)n(Cc3ccc(Cl)cc3)c3ccccc23)CO1. The highest BCUT2D eigenvalue weighted by molar-refractivity contribution is 6.46. The summed E-state index contributed by atoms with van der Waals surface area (Å²) in [5.41, 5.74) is 3.84. The van der Waals surface area contributed by atoms with Gasteiger partial charge in [-0.1, -0.05) is 72.3 Å². The molecule has 0 aliphatic carbocycles. The van der Waals surface area contributed by atoms with Crippen LogP contribution in [-0.2, 0) is 20.9 Å². The Morgan fingerprint density at radius 1 is 0.941 bits per heavy atom. The molecule has 0 bridgehead atoms. The fourth-order valence-corrected chi connectivity index (χ4v) is 4.25. The number of esters is 1. The zero-order valence-electron chi connectivity index (χ0n) is 18.0. The lowest BCUT2D eigenvalue weighted by Gasteiger charge is -2.13. The van der Waals surface area contributed by atoms with Crippen LogP contribution >= 0.6 is 11.6 Å². The quantitative estimate of drug-likeness (QED) is 0.250. The third-order valence-electron chi connectivity index (χ3n) is 5.64. The van der Waals surface area contributed by atoms with Gasteiger partial charge in [-0.15, -0.1) is 0 Å². The lowest BCUT2D eigenvalue weighted by Crippen LogP contribution is -2.31. The summed E-state index contributed by atoms with van der Waals surface area (Å²) in [4.78, 5) is 37.8. The Labute approximate surface area is 200 Å². The van der Waals surface area contributed by atoms with Crippen LogP contribution in [0.25, 0.3) is 22.2 Å². The highest BCUT2D eigenvalue weighted by Crippen LogP contribution is 2.35. The summed E-state index contributed by atoms with van der Waals surface area (Å²) in [6, 6.07) is 24.5. The van der Waals surface area contributed by atoms with Crippen molar-refractivity contribution >= 4 is 40.2 Å². The fraction of sp³-hybridized carbons (Fsp3) is 0.0741. The zero-order chi connectivity index (χ0) is 23.7. The molecule has 1 aliphatic rings. The highest BCUT2D eigenvalue weighted by atomic mass is 35.5. The van der Waals surface area contributed by atoms with Gasteiger partial charge in [-0.25, -0.2) is 4.79 Å². The van der Waals surface area contributed by atoms with Crippen LogP contribution in [0.5, 0.6) is 0 Å². The summed E-state index contributed by atoms with van der Waals surface area (Å²) in [5, 5.41) is 3.83. The molecule has 1 N–H and O–H groups in total. The molecule has 1 aromatic heterocycles. The number of aromatic nitrogens is 1. The Hall–Kier alpha value is -4.16. The Bertz CT molecular complexity index is 1450. The molecule has 0 saturated heterocycles. The van der Waals surface area contributed by atoms with Crippen molar-refractivity contribution in [3.63, 3.8) is 0 Å². The molecule has 34 heavy (non-hydrogen) atoms. The van der Waals surface area contributed by atoms with Gasteiger partial charge in [-0.2, -0.15) is 0 Å². The van der Waals surface area contributed by atoms with Crippen molar-refractivity contribution in [2.75, 3.05) is 6.61 Å². The average Bonchev–Trinajstić information content (AvgIpc) is 3.41. The lowest BCUT2D eigenvalue weighted by molar-refractivity contribution is -0.135. The predicted molar refractivity (Wildman–Crippen MR) is 129 cm³/mol. The van der Waals surface area contributed by atoms with E-state index in [0.29, 0.717) is 28.2 Å². The van der Waals surface area contributed by atoms with Crippen molar-refractivity contribution < 1.29 is 19.1 Å². The third-order valence-corrected chi connectivity index (χ3v) is 5.89. The summed E-state index contributed by atoms with van der Waals surface area (Å²) in [7, 11) is 0. The van der Waals surface area contributed by atoms with Crippen molar-refractivity contribution in [2.24, 2.45) is 0 Å². The fourth-order valence-electron chi connectivity index (χ4n) is 4.13. The van der Waals surface area contributed by atoms with E-state index in [4.69, 9.17) is 16.3 Å². The molecule has 2 heterocycles. The molecule has 0 saturated carbocycles. The van der Waals surface area contributed by atoms with Gasteiger partial charge in [0.2, 0.25) is 0 Å². The number of hydrogen-bond donors (Lipinski definition) is 1. The van der Waals surface area contributed by atoms with E-state index in [2.05, 4.69) is 5.32 Å². The number of carbonyl (C=O) groups is 3. The third kappa shape index (κ3) is 4.11. The normalized spacial score (nSPS) is 13.0. The molecule has 5 rings (SSSR count). The Morgan fingerprint density at radius 3 is 2.35 bits per heavy atom. The van der Waals surface area contributed by atoms with Crippen molar-refractivity contribution in [3.8, 4) is 11.3 Å². The van der Waals surface area contributed by atoms with E-state index >= 15 is 0 Å². The van der Waals surface area contributed by atoms with Crippen LogP contribution in [0.2, 0.25) is 5.02 Å². The topological polar surface area (TPSA) is 77.4 Å². The molecule has 6 nitrogen and oxygen atoms in total. The maximum absolute atomic E-state index is 13.5. The first-order valence-electron chi connectivity index (χ1n) is 10.7. The highest BCUT2D eigenvalue weighted by Gasteiger charge is 2.29. The number of halogens is 1. The van der Waals surface area contributed by atoms with Crippen LogP contribution in [0.4, 0.5) is 0 Å². The molecule has 4 aromatic rings. The Kier molecular flexibility index (Phi) is 5.74. The van der Waals surface area contributed by atoms with E-state index in [0.717, 1.165) is 16.6 Å². The van der Waals surface area contributed by atoms with Crippen LogP contribution in [0, 0.1) is 0 Å². The van der Waals surface area contributed by atoms with Crippen LogP contribution in [0.3, 0.4) is 0 Å². The van der Waals surface area contributed by atoms with Gasteiger partial charge < -0.3 is 14.6 Å². The number of rotatable bonds is 6. The number of amides is 1. The second kappa shape index (κ2) is 9.00. The second-order valence-electron chi connectivity index (χ2n) is 7.88. The molecule has 0 spiro atoms. The van der Waals surface area contributed by atoms with Gasteiger partial charge in [0.15, 0.2) is 0 Å². The first-order valence-corrected chi connectivity index (χ1v) is 11.0. The molecular formula is C27H19ClN2O4. The summed E-state index contributed by atoms with van der Waals surface area (Å²) in [5.74, 6) is -2.06. The van der Waals surface area contributed by atoms with Crippen LogP contribution in [0.1, 0.15) is 15.9 Å². The lowest BCUT2D eigenvalue weighted by atomic mass is 10.0. The van der Waals surface area contributed by atoms with Gasteiger partial charge in [0.05, 0.1) is 17.0 Å². The molecule has 3 aromatic carbocycles. The second-order valence-corrected chi connectivity index (χ2v) is 8.32. The van der Waals surface area contributed by atoms with Gasteiger partial charge in [0, 0.05) is 28.5 Å². The molecule has 168 valence electrons. The maximum Gasteiger partial charge on any atom is 0.333 e. The maximum atomic E-state index is 13.5. The average molecular weight is 471 g/mol. The number of carbonyl (C=O) groups excluding carboxylic acids is 3. The number of nitrogens with zero attached hydrogens (tertiary/aromatic N) is 1. The van der Waals surface area contributed by atoms with E-state index in [1.54, 1.807) is 0 Å². The summed E-state index contributed by atoms with van der Waals surface area (Å²) in [6.07, 6.45) is 1.17. The molecule has 0 atom stereocenters. The van der Waals surface area contributed by atoms with Gasteiger partial charge in [-0.3, -0.25) is 9.59 Å². The van der Waals surface area contributed by atoms with Gasteiger partial charge >= 0.3 is 5.97 Å². The number of ketones is 1. The minimum absolute atomic E-state index is 0.0677. The summed E-state index contributed by atoms with van der Waals surface area (Å²) < 4.78 is 6.86. The Balaban J connectivity index is 1.67. The number of Topliss-reactive ketones (excluding diaryl/α,β-unsaturated/α-hetero) is 1. The van der Waals surface area contributed by atoms with Crippen LogP contribution < -0.4 is 5.32 Å². The standard InChI is InChI=1S/C27H19ClN2O4/c28-19-12-10-17(11-13-19)15-30-22-9-5-4-8-21(22)24(25(30)18-6-2-1-3-7-18)26(32)27(33)29-20-14-23(31)34-16-20/h1-14H,15-16H2,(H,29,33). The van der Waals surface area contributed by atoms with E-state index in [9.17, 15) is 14.4 Å². The van der Waals surface area contributed by atoms with Crippen LogP contribution in [0.15, 0.2) is 90.6 Å². The van der Waals surface area contributed by atoms with Crippen LogP contribution in [-0.4, -0.2) is 28.8 Å². The van der Waals surface area contributed by atoms with Gasteiger partial charge in [0.25, 0.3) is 11.7 Å². The number of para-hydroxylation sites is 1. The number of nitrogens with one attached hydrogen (secondary N) is 1.